The summed E-state index contributed by atoms with van der Waals surface area (Å²) in [6.07, 6.45) is -0.965. The number of rotatable bonds is 3. The molecule has 0 saturated carbocycles. The molecule has 0 radical (unpaired) electrons. The Labute approximate surface area is 119 Å². The zero-order valence-corrected chi connectivity index (χ0v) is 12.7. The Kier molecular flexibility index (Phi) is 5.35. The maximum absolute atomic E-state index is 11.7. The molecule has 1 rings (SSSR count). The van der Waals surface area contributed by atoms with Crippen molar-refractivity contribution in [2.45, 2.75) is 58.0 Å². The van der Waals surface area contributed by atoms with E-state index in [9.17, 15) is 14.7 Å². The van der Waals surface area contributed by atoms with Crippen LogP contribution in [0.5, 0.6) is 0 Å². The lowest BCUT2D eigenvalue weighted by molar-refractivity contribution is -0.149. The van der Waals surface area contributed by atoms with Crippen molar-refractivity contribution in [3.63, 3.8) is 0 Å². The number of alkyl carbamates (subject to hydrolysis) is 1. The van der Waals surface area contributed by atoms with Crippen LogP contribution in [0.25, 0.3) is 0 Å². The average molecular weight is 288 g/mol. The summed E-state index contributed by atoms with van der Waals surface area (Å²) in [5.74, 6) is -0.415. The number of esters is 1. The number of aliphatic hydroxyl groups is 1. The van der Waals surface area contributed by atoms with Crippen molar-refractivity contribution >= 4 is 12.1 Å². The van der Waals surface area contributed by atoms with Crippen LogP contribution in [-0.2, 0) is 14.3 Å². The average Bonchev–Trinajstić information content (AvgIpc) is 2.66. The van der Waals surface area contributed by atoms with E-state index in [0.29, 0.717) is 13.0 Å². The lowest BCUT2D eigenvalue weighted by atomic mass is 10.2. The fourth-order valence-corrected chi connectivity index (χ4v) is 2.13. The number of hydrogen-bond donors (Lipinski definition) is 2. The van der Waals surface area contributed by atoms with Gasteiger partial charge < -0.3 is 19.9 Å². The van der Waals surface area contributed by atoms with Gasteiger partial charge in [-0.2, -0.15) is 0 Å². The molecule has 0 aromatic heterocycles. The number of methoxy groups -OCH3 is 1. The van der Waals surface area contributed by atoms with Gasteiger partial charge in [0.2, 0.25) is 0 Å². The van der Waals surface area contributed by atoms with Gasteiger partial charge in [0.15, 0.2) is 0 Å². The minimum atomic E-state index is -0.934. The summed E-state index contributed by atoms with van der Waals surface area (Å²) in [7, 11) is 1.30. The Morgan fingerprint density at radius 3 is 2.50 bits per heavy atom. The van der Waals surface area contributed by atoms with E-state index in [1.165, 1.54) is 7.11 Å². The number of nitrogens with zero attached hydrogens (tertiary/aromatic N) is 1. The Bertz CT molecular complexity index is 366. The number of ether oxygens (including phenoxy) is 2. The van der Waals surface area contributed by atoms with Gasteiger partial charge in [-0.3, -0.25) is 9.69 Å². The van der Waals surface area contributed by atoms with Gasteiger partial charge in [0.25, 0.3) is 0 Å². The molecule has 7 heteroatoms. The molecule has 0 aliphatic carbocycles. The molecule has 1 amide bonds. The Hall–Kier alpha value is -1.34. The van der Waals surface area contributed by atoms with Crippen LogP contribution in [0.15, 0.2) is 0 Å². The highest BCUT2D eigenvalue weighted by molar-refractivity contribution is 5.75. The molecule has 20 heavy (non-hydrogen) atoms. The van der Waals surface area contributed by atoms with Gasteiger partial charge in [0.05, 0.1) is 13.2 Å². The third kappa shape index (κ3) is 4.35. The molecule has 1 heterocycles. The van der Waals surface area contributed by atoms with Crippen LogP contribution >= 0.6 is 0 Å². The summed E-state index contributed by atoms with van der Waals surface area (Å²) >= 11 is 0. The fraction of sp³-hybridized carbons (Fsp3) is 0.846. The van der Waals surface area contributed by atoms with E-state index in [1.54, 1.807) is 32.6 Å². The van der Waals surface area contributed by atoms with Crippen molar-refractivity contribution in [3.05, 3.63) is 0 Å². The van der Waals surface area contributed by atoms with E-state index < -0.39 is 36.0 Å². The molecular weight excluding hydrogens is 264 g/mol. The standard InChI is InChI=1S/C13H24N2O5/c1-8(11(17)19-5)15-7-6-9(10(15)16)14-12(18)20-13(2,3)4/h8-10,16H,6-7H2,1-5H3,(H,14,18)/t8-,9+,10+/m0/s1. The van der Waals surface area contributed by atoms with E-state index >= 15 is 0 Å². The number of hydrogen-bond acceptors (Lipinski definition) is 6. The molecule has 1 aliphatic rings. The van der Waals surface area contributed by atoms with E-state index in [1.807, 2.05) is 0 Å². The molecule has 1 fully saturated rings. The number of carbonyl (C=O) groups is 2. The smallest absolute Gasteiger partial charge is 0.408 e. The molecule has 0 unspecified atom stereocenters. The van der Waals surface area contributed by atoms with Crippen LogP contribution in [0.4, 0.5) is 4.79 Å². The molecule has 2 N–H and O–H groups in total. The Morgan fingerprint density at radius 2 is 2.00 bits per heavy atom. The van der Waals surface area contributed by atoms with Crippen LogP contribution in [0.3, 0.4) is 0 Å². The lowest BCUT2D eigenvalue weighted by Crippen LogP contribution is -2.50. The van der Waals surface area contributed by atoms with E-state index in [0.717, 1.165) is 0 Å². The normalized spacial score (nSPS) is 25.1. The summed E-state index contributed by atoms with van der Waals surface area (Å²) in [6.45, 7) is 7.46. The zero-order chi connectivity index (χ0) is 15.5. The monoisotopic (exact) mass is 288 g/mol. The summed E-state index contributed by atoms with van der Waals surface area (Å²) in [4.78, 5) is 24.7. The lowest BCUT2D eigenvalue weighted by Gasteiger charge is -2.28. The van der Waals surface area contributed by atoms with Crippen molar-refractivity contribution in [1.82, 2.24) is 10.2 Å². The number of carbonyl (C=O) groups excluding carboxylic acids is 2. The molecule has 116 valence electrons. The maximum Gasteiger partial charge on any atom is 0.408 e. The number of likely N-dealkylation sites (tertiary alicyclic amines) is 1. The number of nitrogens with one attached hydrogen (secondary N) is 1. The van der Waals surface area contributed by atoms with Crippen LogP contribution in [0.2, 0.25) is 0 Å². The van der Waals surface area contributed by atoms with E-state index in [4.69, 9.17) is 4.74 Å². The molecule has 3 atom stereocenters. The molecule has 1 aliphatic heterocycles. The molecule has 1 saturated heterocycles. The SMILES string of the molecule is COC(=O)[C@H](C)N1CC[C@@H](NC(=O)OC(C)(C)C)[C@H]1O. The summed E-state index contributed by atoms with van der Waals surface area (Å²) in [5, 5.41) is 12.8. The topological polar surface area (TPSA) is 88.1 Å². The second-order valence-corrected chi connectivity index (χ2v) is 5.89. The van der Waals surface area contributed by atoms with Crippen LogP contribution in [0.1, 0.15) is 34.1 Å². The van der Waals surface area contributed by atoms with Crippen molar-refractivity contribution in [1.29, 1.82) is 0 Å². The first kappa shape index (κ1) is 16.7. The number of aliphatic hydroxyl groups excluding tert-OH is 1. The largest absolute Gasteiger partial charge is 0.468 e. The highest BCUT2D eigenvalue weighted by atomic mass is 16.6. The third-order valence-electron chi connectivity index (χ3n) is 3.14. The van der Waals surface area contributed by atoms with Gasteiger partial charge in [-0.25, -0.2) is 4.79 Å². The molecule has 0 bridgehead atoms. The van der Waals surface area contributed by atoms with Crippen molar-refractivity contribution < 1.29 is 24.2 Å². The molecule has 0 aromatic carbocycles. The molecule has 0 spiro atoms. The van der Waals surface area contributed by atoms with Gasteiger partial charge in [-0.05, 0) is 34.1 Å². The first-order valence-electron chi connectivity index (χ1n) is 6.67. The second kappa shape index (κ2) is 6.41. The first-order chi connectivity index (χ1) is 9.15. The minimum Gasteiger partial charge on any atom is -0.468 e. The maximum atomic E-state index is 11.7. The van der Waals surface area contributed by atoms with Crippen LogP contribution in [-0.4, -0.2) is 59.6 Å². The Balaban J connectivity index is 2.55. The highest BCUT2D eigenvalue weighted by Gasteiger charge is 2.39. The molecule has 0 aromatic rings. The summed E-state index contributed by atoms with van der Waals surface area (Å²) in [5.41, 5.74) is -0.591. The van der Waals surface area contributed by atoms with Gasteiger partial charge in [-0.15, -0.1) is 0 Å². The summed E-state index contributed by atoms with van der Waals surface area (Å²) in [6, 6.07) is -1.02. The fourth-order valence-electron chi connectivity index (χ4n) is 2.13. The van der Waals surface area contributed by atoms with Gasteiger partial charge in [0.1, 0.15) is 17.9 Å². The first-order valence-corrected chi connectivity index (χ1v) is 6.67. The van der Waals surface area contributed by atoms with Gasteiger partial charge >= 0.3 is 12.1 Å². The van der Waals surface area contributed by atoms with Crippen LogP contribution in [0, 0.1) is 0 Å². The predicted molar refractivity (Wildman–Crippen MR) is 72.0 cm³/mol. The van der Waals surface area contributed by atoms with Crippen molar-refractivity contribution in [3.8, 4) is 0 Å². The Morgan fingerprint density at radius 1 is 1.40 bits per heavy atom. The zero-order valence-electron chi connectivity index (χ0n) is 12.7. The van der Waals surface area contributed by atoms with Gasteiger partial charge in [-0.1, -0.05) is 0 Å². The van der Waals surface area contributed by atoms with Gasteiger partial charge in [0, 0.05) is 6.54 Å². The van der Waals surface area contributed by atoms with Crippen molar-refractivity contribution in [2.24, 2.45) is 0 Å². The number of amides is 1. The highest BCUT2D eigenvalue weighted by Crippen LogP contribution is 2.20. The third-order valence-corrected chi connectivity index (χ3v) is 3.14. The van der Waals surface area contributed by atoms with E-state index in [2.05, 4.69) is 10.1 Å². The molecule has 7 nitrogen and oxygen atoms in total. The molecular formula is C13H24N2O5. The quantitative estimate of drug-likeness (QED) is 0.734. The second-order valence-electron chi connectivity index (χ2n) is 5.89. The summed E-state index contributed by atoms with van der Waals surface area (Å²) < 4.78 is 9.79. The van der Waals surface area contributed by atoms with E-state index in [-0.39, 0.29) is 0 Å². The predicted octanol–water partition coefficient (Wildman–Crippen LogP) is 0.465. The van der Waals surface area contributed by atoms with Crippen LogP contribution < -0.4 is 5.32 Å². The van der Waals surface area contributed by atoms with Crippen molar-refractivity contribution in [2.75, 3.05) is 13.7 Å². The minimum absolute atomic E-state index is 0.415.